The van der Waals surface area contributed by atoms with Gasteiger partial charge < -0.3 is 5.73 Å². The number of benzene rings is 1. The summed E-state index contributed by atoms with van der Waals surface area (Å²) in [5, 5.41) is 10.8. The van der Waals surface area contributed by atoms with Crippen molar-refractivity contribution in [1.82, 2.24) is 0 Å². The van der Waals surface area contributed by atoms with E-state index in [1.165, 1.54) is 12.1 Å². The molecule has 0 aliphatic rings. The molecule has 0 fully saturated rings. The van der Waals surface area contributed by atoms with Crippen LogP contribution in [0, 0.1) is 13.7 Å². The van der Waals surface area contributed by atoms with Gasteiger partial charge in [-0.15, -0.1) is 0 Å². The van der Waals surface area contributed by atoms with Crippen LogP contribution in [0.15, 0.2) is 12.1 Å². The molecule has 0 spiro atoms. The van der Waals surface area contributed by atoms with E-state index in [9.17, 15) is 10.1 Å². The molecule has 0 saturated heterocycles. The van der Waals surface area contributed by atoms with Crippen LogP contribution in [0.25, 0.3) is 0 Å². The summed E-state index contributed by atoms with van der Waals surface area (Å²) in [4.78, 5) is 9.95. The van der Waals surface area contributed by atoms with E-state index in [4.69, 9.17) is 17.3 Å². The molecule has 0 amide bonds. The van der Waals surface area contributed by atoms with Crippen LogP contribution < -0.4 is 5.73 Å². The fourth-order valence-electron chi connectivity index (χ4n) is 0.884. The van der Waals surface area contributed by atoms with Crippen molar-refractivity contribution in [3.8, 4) is 0 Å². The molecule has 1 aromatic carbocycles. The molecule has 0 radical (unpaired) electrons. The van der Waals surface area contributed by atoms with E-state index in [0.29, 0.717) is 10.6 Å². The minimum atomic E-state index is -0.485. The first kappa shape index (κ1) is 10.7. The van der Waals surface area contributed by atoms with Crippen LogP contribution in [0.1, 0.15) is 5.56 Å². The molecule has 6 heteroatoms. The van der Waals surface area contributed by atoms with Crippen LogP contribution in [0.2, 0.25) is 5.02 Å². The molecule has 70 valence electrons. The number of nitro groups is 1. The highest BCUT2D eigenvalue weighted by atomic mass is 127. The van der Waals surface area contributed by atoms with E-state index < -0.39 is 4.92 Å². The van der Waals surface area contributed by atoms with Crippen LogP contribution in [0.4, 0.5) is 5.69 Å². The second-order valence-electron chi connectivity index (χ2n) is 2.36. The van der Waals surface area contributed by atoms with Crippen LogP contribution >= 0.6 is 34.2 Å². The molecule has 0 saturated carbocycles. The van der Waals surface area contributed by atoms with Gasteiger partial charge >= 0.3 is 0 Å². The maximum Gasteiger partial charge on any atom is 0.271 e. The predicted octanol–water partition coefficient (Wildman–Crippen LogP) is 2.31. The second-order valence-corrected chi connectivity index (χ2v) is 3.85. The number of nitrogens with two attached hydrogens (primary N) is 1. The summed E-state index contributed by atoms with van der Waals surface area (Å²) in [5.41, 5.74) is 6.07. The van der Waals surface area contributed by atoms with Gasteiger partial charge in [0.1, 0.15) is 0 Å². The monoisotopic (exact) mass is 312 g/mol. The first-order valence-corrected chi connectivity index (χ1v) is 4.84. The lowest BCUT2D eigenvalue weighted by atomic mass is 10.2. The minimum Gasteiger partial charge on any atom is -0.326 e. The molecular weight excluding hydrogens is 306 g/mol. The number of nitrogens with zero attached hydrogens (tertiary/aromatic N) is 1. The van der Waals surface area contributed by atoms with Crippen molar-refractivity contribution in [2.75, 3.05) is 0 Å². The molecule has 0 aromatic heterocycles. The van der Waals surface area contributed by atoms with Crippen molar-refractivity contribution >= 4 is 39.9 Å². The number of non-ortho nitro benzene ring substituents is 1. The zero-order valence-corrected chi connectivity index (χ0v) is 9.37. The fourth-order valence-corrected chi connectivity index (χ4v) is 1.65. The summed E-state index contributed by atoms with van der Waals surface area (Å²) in [5.74, 6) is 0. The Morgan fingerprint density at radius 2 is 2.23 bits per heavy atom. The summed E-state index contributed by atoms with van der Waals surface area (Å²) >= 11 is 7.78. The Kier molecular flexibility index (Phi) is 3.46. The zero-order chi connectivity index (χ0) is 10.0. The molecule has 1 rings (SSSR count). The molecule has 0 atom stereocenters. The fraction of sp³-hybridized carbons (Fsp3) is 0.143. The summed E-state index contributed by atoms with van der Waals surface area (Å²) < 4.78 is 0.771. The van der Waals surface area contributed by atoms with Crippen molar-refractivity contribution in [1.29, 1.82) is 0 Å². The summed E-state index contributed by atoms with van der Waals surface area (Å²) in [6, 6.07) is 2.76. The van der Waals surface area contributed by atoms with Gasteiger partial charge in [-0.3, -0.25) is 10.1 Å². The van der Waals surface area contributed by atoms with Gasteiger partial charge in [0, 0.05) is 22.2 Å². The minimum absolute atomic E-state index is 0.0223. The molecule has 1 aromatic rings. The van der Waals surface area contributed by atoms with Crippen molar-refractivity contribution < 1.29 is 4.92 Å². The van der Waals surface area contributed by atoms with Gasteiger partial charge in [-0.25, -0.2) is 0 Å². The molecule has 0 bridgehead atoms. The molecule has 0 aliphatic heterocycles. The Bertz CT molecular complexity index is 357. The molecule has 0 heterocycles. The largest absolute Gasteiger partial charge is 0.326 e. The summed E-state index contributed by atoms with van der Waals surface area (Å²) in [6.45, 7) is 0.250. The normalized spacial score (nSPS) is 10.1. The van der Waals surface area contributed by atoms with Gasteiger partial charge in [0.2, 0.25) is 0 Å². The molecule has 2 N–H and O–H groups in total. The number of rotatable bonds is 2. The third-order valence-corrected chi connectivity index (χ3v) is 3.41. The SMILES string of the molecule is NCc1cc([N+](=O)[O-])cc(Cl)c1I. The molecule has 0 aliphatic carbocycles. The Morgan fingerprint density at radius 1 is 1.62 bits per heavy atom. The van der Waals surface area contributed by atoms with Crippen LogP contribution in [-0.4, -0.2) is 4.92 Å². The number of hydrogen-bond acceptors (Lipinski definition) is 3. The lowest BCUT2D eigenvalue weighted by molar-refractivity contribution is -0.384. The van der Waals surface area contributed by atoms with E-state index in [2.05, 4.69) is 0 Å². The number of hydrogen-bond donors (Lipinski definition) is 1. The van der Waals surface area contributed by atoms with E-state index in [1.54, 1.807) is 0 Å². The standard InChI is InChI=1S/C7H6ClIN2O2/c8-6-2-5(11(12)13)1-4(3-10)7(6)9/h1-2H,3,10H2. The zero-order valence-electron chi connectivity index (χ0n) is 6.46. The molecule has 0 unspecified atom stereocenters. The van der Waals surface area contributed by atoms with E-state index in [0.717, 1.165) is 3.57 Å². The molecule has 13 heavy (non-hydrogen) atoms. The van der Waals surface area contributed by atoms with Crippen molar-refractivity contribution in [3.63, 3.8) is 0 Å². The number of nitro benzene ring substituents is 1. The van der Waals surface area contributed by atoms with E-state index in [1.807, 2.05) is 22.6 Å². The summed E-state index contributed by atoms with van der Waals surface area (Å²) in [7, 11) is 0. The maximum absolute atomic E-state index is 10.4. The highest BCUT2D eigenvalue weighted by Gasteiger charge is 2.12. The van der Waals surface area contributed by atoms with Gasteiger partial charge in [-0.2, -0.15) is 0 Å². The topological polar surface area (TPSA) is 69.2 Å². The van der Waals surface area contributed by atoms with Crippen molar-refractivity contribution in [3.05, 3.63) is 36.4 Å². The highest BCUT2D eigenvalue weighted by molar-refractivity contribution is 14.1. The van der Waals surface area contributed by atoms with Gasteiger partial charge in [0.05, 0.1) is 9.95 Å². The van der Waals surface area contributed by atoms with Gasteiger partial charge in [0.15, 0.2) is 0 Å². The van der Waals surface area contributed by atoms with E-state index in [-0.39, 0.29) is 12.2 Å². The summed E-state index contributed by atoms with van der Waals surface area (Å²) in [6.07, 6.45) is 0. The number of halogens is 2. The first-order valence-electron chi connectivity index (χ1n) is 3.38. The average molecular weight is 312 g/mol. The molecule has 4 nitrogen and oxygen atoms in total. The Labute approximate surface area is 93.4 Å². The lowest BCUT2D eigenvalue weighted by Crippen LogP contribution is -2.01. The third kappa shape index (κ3) is 2.29. The van der Waals surface area contributed by atoms with Crippen LogP contribution in [-0.2, 0) is 6.54 Å². The molecular formula is C7H6ClIN2O2. The quantitative estimate of drug-likeness (QED) is 0.517. The van der Waals surface area contributed by atoms with Crippen molar-refractivity contribution in [2.45, 2.75) is 6.54 Å². The van der Waals surface area contributed by atoms with Crippen molar-refractivity contribution in [2.24, 2.45) is 5.73 Å². The van der Waals surface area contributed by atoms with Crippen LogP contribution in [0.5, 0.6) is 0 Å². The smallest absolute Gasteiger partial charge is 0.271 e. The lowest BCUT2D eigenvalue weighted by Gasteiger charge is -2.02. The highest BCUT2D eigenvalue weighted by Crippen LogP contribution is 2.27. The Morgan fingerprint density at radius 3 is 2.69 bits per heavy atom. The third-order valence-electron chi connectivity index (χ3n) is 1.52. The first-order chi connectivity index (χ1) is 6.06. The van der Waals surface area contributed by atoms with E-state index >= 15 is 0 Å². The van der Waals surface area contributed by atoms with Gasteiger partial charge in [-0.05, 0) is 28.2 Å². The average Bonchev–Trinajstić information content (AvgIpc) is 2.09. The maximum atomic E-state index is 10.4. The van der Waals surface area contributed by atoms with Crippen LogP contribution in [0.3, 0.4) is 0 Å². The van der Waals surface area contributed by atoms with Gasteiger partial charge in [-0.1, -0.05) is 11.6 Å². The Balaban J connectivity index is 3.30. The second kappa shape index (κ2) is 4.21. The van der Waals surface area contributed by atoms with Gasteiger partial charge in [0.25, 0.3) is 5.69 Å². The predicted molar refractivity (Wildman–Crippen MR) is 58.7 cm³/mol. The Hall–Kier alpha value is -0.400.